The molecule has 0 fully saturated rings. The van der Waals surface area contributed by atoms with Crippen molar-refractivity contribution in [3.05, 3.63) is 18.5 Å². The maximum Gasteiger partial charge on any atom is 0.575 e. The van der Waals surface area contributed by atoms with E-state index in [0.717, 1.165) is 12.4 Å². The minimum atomic E-state index is -2.64. The number of hydrogen-bond acceptors (Lipinski definition) is 2. The normalized spacial score (nSPS) is 9.50. The molecule has 0 radical (unpaired) electrons. The van der Waals surface area contributed by atoms with Crippen molar-refractivity contribution in [1.29, 1.82) is 0 Å². The van der Waals surface area contributed by atoms with E-state index in [1.807, 2.05) is 0 Å². The first-order chi connectivity index (χ1) is 4.70. The van der Waals surface area contributed by atoms with Gasteiger partial charge in [0.1, 0.15) is 0 Å². The second-order valence-electron chi connectivity index (χ2n) is 1.59. The molecular weight excluding hydrogens is 144 g/mol. The van der Waals surface area contributed by atoms with Gasteiger partial charge < -0.3 is 0 Å². The molecule has 1 rings (SSSR count). The maximum atomic E-state index is 11.9. The zero-order valence-corrected chi connectivity index (χ0v) is 4.76. The molecule has 0 saturated carbocycles. The van der Waals surface area contributed by atoms with Crippen LogP contribution in [0.15, 0.2) is 12.4 Å². The second-order valence-corrected chi connectivity index (χ2v) is 1.59. The summed E-state index contributed by atoms with van der Waals surface area (Å²) in [5.41, 5.74) is -0.374. The van der Waals surface area contributed by atoms with Crippen LogP contribution in [0.25, 0.3) is 0 Å². The van der Waals surface area contributed by atoms with Gasteiger partial charge in [-0.25, -0.2) is 9.97 Å². The molecule has 0 aliphatic heterocycles. The molecule has 1 aromatic rings. The fourth-order valence-corrected chi connectivity index (χ4v) is 0.435. The van der Waals surface area contributed by atoms with Crippen LogP contribution < -0.4 is 5.46 Å². The van der Waals surface area contributed by atoms with E-state index in [0.29, 0.717) is 0 Å². The first-order valence-corrected chi connectivity index (χ1v) is 2.46. The molecule has 6 heteroatoms. The van der Waals surface area contributed by atoms with E-state index < -0.39 is 13.3 Å². The summed E-state index contributed by atoms with van der Waals surface area (Å²) in [6, 6.07) is 0. The Labute approximate surface area is 55.3 Å². The molecule has 1 heterocycles. The van der Waals surface area contributed by atoms with Gasteiger partial charge in [0.05, 0.1) is 0 Å². The smallest absolute Gasteiger partial charge is 0.281 e. The lowest BCUT2D eigenvalue weighted by atomic mass is 9.89. The van der Waals surface area contributed by atoms with E-state index in [1.54, 1.807) is 0 Å². The average Bonchev–Trinajstić information content (AvgIpc) is 1.88. The molecule has 0 aliphatic rings. The third-order valence-electron chi connectivity index (χ3n) is 0.892. The Morgan fingerprint density at radius 3 is 2.10 bits per heavy atom. The lowest BCUT2D eigenvalue weighted by Gasteiger charge is -1.90. The van der Waals surface area contributed by atoms with Crippen molar-refractivity contribution in [1.82, 2.24) is 9.97 Å². The van der Waals surface area contributed by atoms with E-state index in [4.69, 9.17) is 0 Å². The van der Waals surface area contributed by atoms with Crippen LogP contribution in [0.1, 0.15) is 0 Å². The van der Waals surface area contributed by atoms with E-state index >= 15 is 0 Å². The molecule has 0 N–H and O–H groups in total. The zero-order valence-electron chi connectivity index (χ0n) is 4.76. The quantitative estimate of drug-likeness (QED) is 0.419. The molecule has 10 heavy (non-hydrogen) atoms. The predicted molar refractivity (Wildman–Crippen MR) is 29.6 cm³/mol. The molecule has 0 spiro atoms. The van der Waals surface area contributed by atoms with Crippen molar-refractivity contribution in [2.75, 3.05) is 0 Å². The molecule has 0 amide bonds. The minimum Gasteiger partial charge on any atom is -0.281 e. The van der Waals surface area contributed by atoms with Crippen molar-refractivity contribution in [2.45, 2.75) is 0 Å². The van der Waals surface area contributed by atoms with Gasteiger partial charge in [0.25, 0.3) is 0 Å². The van der Waals surface area contributed by atoms with Gasteiger partial charge in [-0.05, 0) is 0 Å². The molecule has 2 nitrogen and oxygen atoms in total. The minimum absolute atomic E-state index is 0.374. The monoisotopic (exact) mass is 146 g/mol. The Balaban J connectivity index is 2.89. The van der Waals surface area contributed by atoms with Crippen molar-refractivity contribution < 1.29 is 13.0 Å². The summed E-state index contributed by atoms with van der Waals surface area (Å²) in [5.74, 6) is 0. The predicted octanol–water partition coefficient (Wildman–Crippen LogP) is 0.250. The van der Waals surface area contributed by atoms with E-state index in [1.165, 1.54) is 0 Å². The van der Waals surface area contributed by atoms with Gasteiger partial charge in [0.15, 0.2) is 0 Å². The summed E-state index contributed by atoms with van der Waals surface area (Å²) >= 11 is 0. The first kappa shape index (κ1) is 7.05. The Bertz CT molecular complexity index is 212. The van der Waals surface area contributed by atoms with Crippen LogP contribution in [-0.4, -0.2) is 17.2 Å². The first-order valence-electron chi connectivity index (χ1n) is 2.46. The summed E-state index contributed by atoms with van der Waals surface area (Å²) in [6.45, 7) is 0. The van der Waals surface area contributed by atoms with Crippen molar-refractivity contribution >= 4 is 12.7 Å². The Hall–Kier alpha value is -1.07. The number of halogens is 3. The topological polar surface area (TPSA) is 25.8 Å². The van der Waals surface area contributed by atoms with Crippen LogP contribution in [0.3, 0.4) is 0 Å². The van der Waals surface area contributed by atoms with Crippen LogP contribution in [0, 0.1) is 6.08 Å². The second kappa shape index (κ2) is 2.68. The van der Waals surface area contributed by atoms with Gasteiger partial charge >= 0.3 is 13.3 Å². The van der Waals surface area contributed by atoms with Gasteiger partial charge in [-0.3, -0.25) is 8.63 Å². The summed E-state index contributed by atoms with van der Waals surface area (Å²) in [4.78, 5) is 5.89. The molecular formula is C4H2BF3N2. The van der Waals surface area contributed by atoms with Crippen LogP contribution in [0.5, 0.6) is 0 Å². The van der Waals surface area contributed by atoms with Crippen LogP contribution >= 0.6 is 0 Å². The maximum absolute atomic E-state index is 11.9. The third-order valence-corrected chi connectivity index (χ3v) is 0.892. The number of rotatable bonds is 1. The molecule has 0 saturated heterocycles. The molecule has 0 unspecified atom stereocenters. The van der Waals surface area contributed by atoms with Crippen LogP contribution in [-0.2, 0) is 0 Å². The number of hydrogen-bond donors (Lipinski definition) is 0. The van der Waals surface area contributed by atoms with Gasteiger partial charge in [0, 0.05) is 17.9 Å². The molecule has 0 aliphatic carbocycles. The van der Waals surface area contributed by atoms with Gasteiger partial charge in [0.2, 0.25) is 0 Å². The molecule has 1 aromatic heterocycles. The highest BCUT2D eigenvalue weighted by atomic mass is 19.2. The van der Waals surface area contributed by atoms with Crippen LogP contribution in [0.2, 0.25) is 0 Å². The highest BCUT2D eigenvalue weighted by Gasteiger charge is 2.16. The SMILES string of the molecule is FB(F)c1cnc(F)nc1. The van der Waals surface area contributed by atoms with Gasteiger partial charge in [-0.2, -0.15) is 4.39 Å². The standard InChI is InChI=1S/C4H2BF3N2/c6-4-9-1-3(2-10-4)5(7)8/h1-2H. The van der Waals surface area contributed by atoms with Gasteiger partial charge in [-0.1, -0.05) is 0 Å². The highest BCUT2D eigenvalue weighted by Crippen LogP contribution is 1.87. The van der Waals surface area contributed by atoms with E-state index in [-0.39, 0.29) is 5.46 Å². The molecule has 0 bridgehead atoms. The summed E-state index contributed by atoms with van der Waals surface area (Å²) in [6.07, 6.45) is 0.518. The number of nitrogens with zero attached hydrogens (tertiary/aromatic N) is 2. The summed E-state index contributed by atoms with van der Waals surface area (Å²) < 4.78 is 35.3. The average molecular weight is 146 g/mol. The number of aromatic nitrogens is 2. The zero-order chi connectivity index (χ0) is 7.56. The van der Waals surface area contributed by atoms with Crippen molar-refractivity contribution in [2.24, 2.45) is 0 Å². The summed E-state index contributed by atoms with van der Waals surface area (Å²) in [7, 11) is -2.64. The van der Waals surface area contributed by atoms with E-state index in [2.05, 4.69) is 9.97 Å². The fourth-order valence-electron chi connectivity index (χ4n) is 0.435. The Morgan fingerprint density at radius 1 is 1.20 bits per heavy atom. The van der Waals surface area contributed by atoms with Crippen LogP contribution in [0.4, 0.5) is 13.0 Å². The Kier molecular flexibility index (Phi) is 1.89. The van der Waals surface area contributed by atoms with Crippen molar-refractivity contribution in [3.63, 3.8) is 0 Å². The lowest BCUT2D eigenvalue weighted by Crippen LogP contribution is -2.21. The summed E-state index contributed by atoms with van der Waals surface area (Å²) in [5, 5.41) is 0. The van der Waals surface area contributed by atoms with Crippen molar-refractivity contribution in [3.8, 4) is 0 Å². The fraction of sp³-hybridized carbons (Fsp3) is 0. The highest BCUT2D eigenvalue weighted by molar-refractivity contribution is 6.59. The van der Waals surface area contributed by atoms with E-state index in [9.17, 15) is 13.0 Å². The van der Waals surface area contributed by atoms with Gasteiger partial charge in [-0.15, -0.1) is 0 Å². The molecule has 52 valence electrons. The molecule has 0 atom stereocenters. The Morgan fingerprint density at radius 2 is 1.70 bits per heavy atom. The lowest BCUT2D eigenvalue weighted by molar-refractivity contribution is 0.539. The molecule has 0 aromatic carbocycles. The third kappa shape index (κ3) is 1.46. The largest absolute Gasteiger partial charge is 0.575 e.